The van der Waals surface area contributed by atoms with E-state index in [1.165, 1.54) is 24.1 Å². The number of guanidine groups is 1. The Morgan fingerprint density at radius 2 is 2.00 bits per heavy atom. The molecule has 0 unspecified atom stereocenters. The maximum Gasteiger partial charge on any atom is 0.193 e. The maximum absolute atomic E-state index is 4.78. The summed E-state index contributed by atoms with van der Waals surface area (Å²) in [7, 11) is 2.00. The SMILES string of the molecule is CCNC(=NCCc1c(C)nn(C)c1C)N1CCCC1. The lowest BCUT2D eigenvalue weighted by molar-refractivity contribution is 0.494. The van der Waals surface area contributed by atoms with Gasteiger partial charge in [0.05, 0.1) is 5.69 Å². The molecule has 0 amide bonds. The quantitative estimate of drug-likeness (QED) is 0.672. The monoisotopic (exact) mass is 277 g/mol. The Balaban J connectivity index is 1.98. The van der Waals surface area contributed by atoms with Crippen molar-refractivity contribution in [3.8, 4) is 0 Å². The van der Waals surface area contributed by atoms with E-state index in [-0.39, 0.29) is 0 Å². The molecule has 1 aliphatic heterocycles. The van der Waals surface area contributed by atoms with Crippen molar-refractivity contribution in [3.63, 3.8) is 0 Å². The molecule has 2 rings (SSSR count). The normalized spacial score (nSPS) is 16.0. The van der Waals surface area contributed by atoms with Gasteiger partial charge in [0.2, 0.25) is 0 Å². The van der Waals surface area contributed by atoms with Crippen molar-refractivity contribution in [2.24, 2.45) is 12.0 Å². The summed E-state index contributed by atoms with van der Waals surface area (Å²) in [5.41, 5.74) is 3.73. The average molecular weight is 277 g/mol. The standard InChI is InChI=1S/C15H27N5/c1-5-16-15(20-10-6-7-11-20)17-9-8-14-12(2)18-19(4)13(14)3/h5-11H2,1-4H3,(H,16,17). The second kappa shape index (κ2) is 6.77. The van der Waals surface area contributed by atoms with Crippen LogP contribution in [-0.4, -0.2) is 46.8 Å². The molecule has 2 heterocycles. The molecule has 5 nitrogen and oxygen atoms in total. The van der Waals surface area contributed by atoms with Crippen LogP contribution in [0.15, 0.2) is 4.99 Å². The number of hydrogen-bond donors (Lipinski definition) is 1. The molecule has 112 valence electrons. The van der Waals surface area contributed by atoms with Gasteiger partial charge in [-0.25, -0.2) is 0 Å². The maximum atomic E-state index is 4.78. The highest BCUT2D eigenvalue weighted by Crippen LogP contribution is 2.13. The highest BCUT2D eigenvalue weighted by Gasteiger charge is 2.15. The third-order valence-electron chi connectivity index (χ3n) is 4.02. The van der Waals surface area contributed by atoms with Crippen molar-refractivity contribution in [1.82, 2.24) is 20.0 Å². The number of rotatable bonds is 4. The first-order valence-electron chi connectivity index (χ1n) is 7.65. The van der Waals surface area contributed by atoms with Crippen molar-refractivity contribution in [1.29, 1.82) is 0 Å². The van der Waals surface area contributed by atoms with E-state index in [1.54, 1.807) is 0 Å². The number of nitrogens with one attached hydrogen (secondary N) is 1. The molecule has 20 heavy (non-hydrogen) atoms. The molecule has 1 aliphatic rings. The third-order valence-corrected chi connectivity index (χ3v) is 4.02. The molecule has 1 fully saturated rings. The highest BCUT2D eigenvalue weighted by atomic mass is 15.3. The molecular weight excluding hydrogens is 250 g/mol. The second-order valence-electron chi connectivity index (χ2n) is 5.45. The van der Waals surface area contributed by atoms with E-state index in [0.717, 1.165) is 44.3 Å². The molecule has 1 aromatic heterocycles. The Morgan fingerprint density at radius 1 is 1.30 bits per heavy atom. The fourth-order valence-electron chi connectivity index (χ4n) is 2.81. The van der Waals surface area contributed by atoms with E-state index in [9.17, 15) is 0 Å². The molecule has 1 N–H and O–H groups in total. The van der Waals surface area contributed by atoms with Gasteiger partial charge in [0.15, 0.2) is 5.96 Å². The van der Waals surface area contributed by atoms with Crippen molar-refractivity contribution in [2.75, 3.05) is 26.2 Å². The number of nitrogens with zero attached hydrogens (tertiary/aromatic N) is 4. The van der Waals surface area contributed by atoms with Crippen LogP contribution in [0.2, 0.25) is 0 Å². The molecule has 0 spiro atoms. The molecule has 0 aliphatic carbocycles. The summed E-state index contributed by atoms with van der Waals surface area (Å²) in [6.45, 7) is 10.4. The van der Waals surface area contributed by atoms with Crippen molar-refractivity contribution in [3.05, 3.63) is 17.0 Å². The van der Waals surface area contributed by atoms with Crippen LogP contribution >= 0.6 is 0 Å². The van der Waals surface area contributed by atoms with Gasteiger partial charge in [0, 0.05) is 38.9 Å². The van der Waals surface area contributed by atoms with E-state index in [0.29, 0.717) is 0 Å². The summed E-state index contributed by atoms with van der Waals surface area (Å²) in [5, 5.41) is 7.86. The van der Waals surface area contributed by atoms with Crippen LogP contribution in [0.25, 0.3) is 0 Å². The zero-order valence-electron chi connectivity index (χ0n) is 13.2. The fourth-order valence-corrected chi connectivity index (χ4v) is 2.81. The van der Waals surface area contributed by atoms with E-state index >= 15 is 0 Å². The number of hydrogen-bond acceptors (Lipinski definition) is 2. The van der Waals surface area contributed by atoms with Crippen molar-refractivity contribution >= 4 is 5.96 Å². The Hall–Kier alpha value is -1.52. The van der Waals surface area contributed by atoms with Gasteiger partial charge in [0.25, 0.3) is 0 Å². The van der Waals surface area contributed by atoms with Crippen LogP contribution in [0.5, 0.6) is 0 Å². The van der Waals surface area contributed by atoms with Crippen LogP contribution in [0.1, 0.15) is 36.7 Å². The predicted molar refractivity (Wildman–Crippen MR) is 83.2 cm³/mol. The largest absolute Gasteiger partial charge is 0.357 e. The van der Waals surface area contributed by atoms with Gasteiger partial charge in [-0.2, -0.15) is 5.10 Å². The van der Waals surface area contributed by atoms with Crippen molar-refractivity contribution < 1.29 is 0 Å². The zero-order valence-corrected chi connectivity index (χ0v) is 13.2. The third kappa shape index (κ3) is 3.32. The lowest BCUT2D eigenvalue weighted by Gasteiger charge is -2.20. The van der Waals surface area contributed by atoms with Crippen LogP contribution in [0, 0.1) is 13.8 Å². The number of aliphatic imine (C=N–C) groups is 1. The van der Waals surface area contributed by atoms with Gasteiger partial charge >= 0.3 is 0 Å². The first-order valence-corrected chi connectivity index (χ1v) is 7.65. The Morgan fingerprint density at radius 3 is 2.55 bits per heavy atom. The van der Waals surface area contributed by atoms with E-state index in [2.05, 4.69) is 36.1 Å². The summed E-state index contributed by atoms with van der Waals surface area (Å²) in [4.78, 5) is 7.14. The summed E-state index contributed by atoms with van der Waals surface area (Å²) in [6, 6.07) is 0. The molecule has 0 atom stereocenters. The van der Waals surface area contributed by atoms with Crippen LogP contribution in [-0.2, 0) is 13.5 Å². The topological polar surface area (TPSA) is 45.5 Å². The van der Waals surface area contributed by atoms with Gasteiger partial charge in [-0.1, -0.05) is 0 Å². The van der Waals surface area contributed by atoms with E-state index in [1.807, 2.05) is 11.7 Å². The molecule has 5 heteroatoms. The molecule has 1 saturated heterocycles. The van der Waals surface area contributed by atoms with E-state index < -0.39 is 0 Å². The summed E-state index contributed by atoms with van der Waals surface area (Å²) < 4.78 is 1.96. The minimum atomic E-state index is 0.826. The van der Waals surface area contributed by atoms with Crippen LogP contribution in [0.4, 0.5) is 0 Å². The van der Waals surface area contributed by atoms with Gasteiger partial charge in [-0.15, -0.1) is 0 Å². The lowest BCUT2D eigenvalue weighted by atomic mass is 10.1. The molecule has 0 bridgehead atoms. The zero-order chi connectivity index (χ0) is 14.5. The Kier molecular flexibility index (Phi) is 5.04. The first kappa shape index (κ1) is 14.9. The Labute approximate surface area is 122 Å². The second-order valence-corrected chi connectivity index (χ2v) is 5.45. The molecule has 0 aromatic carbocycles. The number of likely N-dealkylation sites (tertiary alicyclic amines) is 1. The highest BCUT2D eigenvalue weighted by molar-refractivity contribution is 5.80. The van der Waals surface area contributed by atoms with Gasteiger partial charge < -0.3 is 10.2 Å². The van der Waals surface area contributed by atoms with Crippen molar-refractivity contribution in [2.45, 2.75) is 40.0 Å². The van der Waals surface area contributed by atoms with Crippen LogP contribution in [0.3, 0.4) is 0 Å². The van der Waals surface area contributed by atoms with Crippen LogP contribution < -0.4 is 5.32 Å². The van der Waals surface area contributed by atoms with Gasteiger partial charge in [-0.05, 0) is 45.6 Å². The lowest BCUT2D eigenvalue weighted by Crippen LogP contribution is -2.39. The summed E-state index contributed by atoms with van der Waals surface area (Å²) in [5.74, 6) is 1.07. The molecular formula is C15H27N5. The minimum absolute atomic E-state index is 0.826. The van der Waals surface area contributed by atoms with Gasteiger partial charge in [-0.3, -0.25) is 9.67 Å². The Bertz CT molecular complexity index is 469. The molecule has 0 radical (unpaired) electrons. The minimum Gasteiger partial charge on any atom is -0.357 e. The van der Waals surface area contributed by atoms with Gasteiger partial charge in [0.1, 0.15) is 0 Å². The molecule has 0 saturated carbocycles. The molecule has 1 aromatic rings. The summed E-state index contributed by atoms with van der Waals surface area (Å²) >= 11 is 0. The predicted octanol–water partition coefficient (Wildman–Crippen LogP) is 1.64. The summed E-state index contributed by atoms with van der Waals surface area (Å²) in [6.07, 6.45) is 3.53. The number of aryl methyl sites for hydroxylation is 2. The average Bonchev–Trinajstić information content (AvgIpc) is 3.02. The number of aromatic nitrogens is 2. The first-order chi connectivity index (χ1) is 9.63. The smallest absolute Gasteiger partial charge is 0.193 e. The fraction of sp³-hybridized carbons (Fsp3) is 0.733. The van der Waals surface area contributed by atoms with E-state index in [4.69, 9.17) is 4.99 Å².